The third-order valence-electron chi connectivity index (χ3n) is 2.91. The zero-order valence-corrected chi connectivity index (χ0v) is 10.9. The summed E-state index contributed by atoms with van der Waals surface area (Å²) in [6, 6.07) is 13.1. The van der Waals surface area contributed by atoms with Gasteiger partial charge in [0, 0.05) is 25.0 Å². The van der Waals surface area contributed by atoms with Crippen LogP contribution in [0.5, 0.6) is 0 Å². The lowest BCUT2D eigenvalue weighted by molar-refractivity contribution is 0.0983. The van der Waals surface area contributed by atoms with Crippen molar-refractivity contribution in [1.82, 2.24) is 4.98 Å². The molecular weight excluding hydrogens is 238 g/mol. The van der Waals surface area contributed by atoms with Crippen LogP contribution in [-0.4, -0.2) is 17.4 Å². The predicted molar refractivity (Wildman–Crippen MR) is 75.9 cm³/mol. The van der Waals surface area contributed by atoms with E-state index in [9.17, 15) is 4.79 Å². The number of hydrogen-bond donors (Lipinski definition) is 1. The molecule has 0 aliphatic heterocycles. The number of para-hydroxylation sites is 1. The van der Waals surface area contributed by atoms with Crippen LogP contribution < -0.4 is 10.6 Å². The number of anilines is 1. The van der Waals surface area contributed by atoms with Crippen LogP contribution >= 0.6 is 0 Å². The van der Waals surface area contributed by atoms with Gasteiger partial charge in [0.25, 0.3) is 5.91 Å². The van der Waals surface area contributed by atoms with Crippen LogP contribution in [0.25, 0.3) is 0 Å². The third kappa shape index (κ3) is 2.98. The Labute approximate surface area is 112 Å². The molecule has 0 atom stereocenters. The van der Waals surface area contributed by atoms with Crippen LogP contribution in [0.15, 0.2) is 48.7 Å². The Hall–Kier alpha value is -2.20. The molecule has 0 aliphatic rings. The summed E-state index contributed by atoms with van der Waals surface area (Å²) < 4.78 is 0. The van der Waals surface area contributed by atoms with Crippen molar-refractivity contribution in [3.63, 3.8) is 0 Å². The minimum atomic E-state index is -0.107. The molecule has 0 spiro atoms. The number of amides is 1. The molecule has 1 aromatic carbocycles. The first-order valence-corrected chi connectivity index (χ1v) is 6.28. The molecule has 1 heterocycles. The average molecular weight is 255 g/mol. The first-order valence-electron chi connectivity index (χ1n) is 6.28. The highest BCUT2D eigenvalue weighted by Crippen LogP contribution is 2.16. The SMILES string of the molecule is CCN(C(=O)c1cc(CN)ccn1)c1ccccc1. The Bertz CT molecular complexity index is 554. The summed E-state index contributed by atoms with van der Waals surface area (Å²) in [4.78, 5) is 18.3. The van der Waals surface area contributed by atoms with E-state index in [1.165, 1.54) is 0 Å². The molecule has 0 unspecified atom stereocenters. The number of carbonyl (C=O) groups excluding carboxylic acids is 1. The molecule has 98 valence electrons. The maximum Gasteiger partial charge on any atom is 0.276 e. The summed E-state index contributed by atoms with van der Waals surface area (Å²) in [7, 11) is 0. The second-order valence-corrected chi connectivity index (χ2v) is 4.14. The molecule has 4 nitrogen and oxygen atoms in total. The Balaban J connectivity index is 2.30. The number of carbonyl (C=O) groups is 1. The van der Waals surface area contributed by atoms with Gasteiger partial charge in [0.2, 0.25) is 0 Å². The molecule has 0 saturated heterocycles. The van der Waals surface area contributed by atoms with Gasteiger partial charge in [-0.1, -0.05) is 18.2 Å². The largest absolute Gasteiger partial charge is 0.326 e. The Morgan fingerprint density at radius 3 is 2.63 bits per heavy atom. The van der Waals surface area contributed by atoms with Crippen LogP contribution in [0.2, 0.25) is 0 Å². The minimum absolute atomic E-state index is 0.107. The van der Waals surface area contributed by atoms with Crippen molar-refractivity contribution >= 4 is 11.6 Å². The molecule has 2 rings (SSSR count). The lowest BCUT2D eigenvalue weighted by atomic mass is 10.2. The fraction of sp³-hybridized carbons (Fsp3) is 0.200. The summed E-state index contributed by atoms with van der Waals surface area (Å²) >= 11 is 0. The zero-order chi connectivity index (χ0) is 13.7. The van der Waals surface area contributed by atoms with Gasteiger partial charge < -0.3 is 10.6 Å². The molecule has 0 aliphatic carbocycles. The van der Waals surface area contributed by atoms with Crippen molar-refractivity contribution in [2.24, 2.45) is 5.73 Å². The number of hydrogen-bond acceptors (Lipinski definition) is 3. The molecule has 19 heavy (non-hydrogen) atoms. The van der Waals surface area contributed by atoms with Crippen molar-refractivity contribution in [2.75, 3.05) is 11.4 Å². The highest BCUT2D eigenvalue weighted by Gasteiger charge is 2.17. The summed E-state index contributed by atoms with van der Waals surface area (Å²) in [6.07, 6.45) is 1.62. The van der Waals surface area contributed by atoms with E-state index >= 15 is 0 Å². The van der Waals surface area contributed by atoms with E-state index in [-0.39, 0.29) is 5.91 Å². The number of rotatable bonds is 4. The molecule has 1 amide bonds. The van der Waals surface area contributed by atoms with Crippen LogP contribution in [0.3, 0.4) is 0 Å². The summed E-state index contributed by atoms with van der Waals surface area (Å²) in [5, 5.41) is 0. The molecule has 0 fully saturated rings. The number of aromatic nitrogens is 1. The van der Waals surface area contributed by atoms with Gasteiger partial charge in [-0.05, 0) is 36.8 Å². The topological polar surface area (TPSA) is 59.2 Å². The Kier molecular flexibility index (Phi) is 4.26. The van der Waals surface area contributed by atoms with Gasteiger partial charge in [-0.25, -0.2) is 0 Å². The van der Waals surface area contributed by atoms with Gasteiger partial charge in [-0.2, -0.15) is 0 Å². The van der Waals surface area contributed by atoms with Crippen molar-refractivity contribution in [3.8, 4) is 0 Å². The number of benzene rings is 1. The fourth-order valence-electron chi connectivity index (χ4n) is 1.91. The van der Waals surface area contributed by atoms with Gasteiger partial charge in [0.1, 0.15) is 5.69 Å². The van der Waals surface area contributed by atoms with Crippen molar-refractivity contribution in [3.05, 3.63) is 59.9 Å². The predicted octanol–water partition coefficient (Wildman–Crippen LogP) is 2.21. The highest BCUT2D eigenvalue weighted by atomic mass is 16.2. The van der Waals surface area contributed by atoms with Crippen LogP contribution in [0.1, 0.15) is 23.0 Å². The van der Waals surface area contributed by atoms with Gasteiger partial charge in [0.05, 0.1) is 0 Å². The molecule has 0 saturated carbocycles. The van der Waals surface area contributed by atoms with E-state index < -0.39 is 0 Å². The smallest absolute Gasteiger partial charge is 0.276 e. The minimum Gasteiger partial charge on any atom is -0.326 e. The first kappa shape index (κ1) is 13.2. The van der Waals surface area contributed by atoms with Crippen molar-refractivity contribution in [1.29, 1.82) is 0 Å². The van der Waals surface area contributed by atoms with E-state index in [1.54, 1.807) is 17.2 Å². The number of pyridine rings is 1. The number of nitrogens with two attached hydrogens (primary N) is 1. The van der Waals surface area contributed by atoms with E-state index in [0.717, 1.165) is 11.3 Å². The van der Waals surface area contributed by atoms with E-state index in [4.69, 9.17) is 5.73 Å². The fourth-order valence-corrected chi connectivity index (χ4v) is 1.91. The average Bonchev–Trinajstić information content (AvgIpc) is 2.49. The zero-order valence-electron chi connectivity index (χ0n) is 10.9. The monoisotopic (exact) mass is 255 g/mol. The first-order chi connectivity index (χ1) is 9.26. The summed E-state index contributed by atoms with van der Waals surface area (Å²) in [6.45, 7) is 2.94. The van der Waals surface area contributed by atoms with Crippen LogP contribution in [-0.2, 0) is 6.54 Å². The standard InChI is InChI=1S/C15H17N3O/c1-2-18(13-6-4-3-5-7-13)15(19)14-10-12(11-16)8-9-17-14/h3-10H,2,11,16H2,1H3. The van der Waals surface area contributed by atoms with Crippen molar-refractivity contribution in [2.45, 2.75) is 13.5 Å². The highest BCUT2D eigenvalue weighted by molar-refractivity contribution is 6.04. The molecule has 2 N–H and O–H groups in total. The normalized spacial score (nSPS) is 10.2. The Morgan fingerprint density at radius 2 is 2.00 bits per heavy atom. The van der Waals surface area contributed by atoms with E-state index in [2.05, 4.69) is 4.98 Å². The molecular formula is C15H17N3O. The quantitative estimate of drug-likeness (QED) is 0.911. The van der Waals surface area contributed by atoms with Gasteiger partial charge in [-0.3, -0.25) is 9.78 Å². The van der Waals surface area contributed by atoms with Crippen LogP contribution in [0, 0.1) is 0 Å². The van der Waals surface area contributed by atoms with E-state index in [1.807, 2.05) is 43.3 Å². The summed E-state index contributed by atoms with van der Waals surface area (Å²) in [5.41, 5.74) is 7.79. The van der Waals surface area contributed by atoms with Crippen molar-refractivity contribution < 1.29 is 4.79 Å². The maximum absolute atomic E-state index is 12.5. The lowest BCUT2D eigenvalue weighted by Crippen LogP contribution is -2.31. The van der Waals surface area contributed by atoms with Gasteiger partial charge in [-0.15, -0.1) is 0 Å². The van der Waals surface area contributed by atoms with E-state index in [0.29, 0.717) is 18.8 Å². The molecule has 4 heteroatoms. The van der Waals surface area contributed by atoms with Gasteiger partial charge in [0.15, 0.2) is 0 Å². The Morgan fingerprint density at radius 1 is 1.26 bits per heavy atom. The maximum atomic E-state index is 12.5. The second kappa shape index (κ2) is 6.11. The molecule has 1 aromatic heterocycles. The van der Waals surface area contributed by atoms with Crippen LogP contribution in [0.4, 0.5) is 5.69 Å². The molecule has 2 aromatic rings. The molecule has 0 bridgehead atoms. The summed E-state index contributed by atoms with van der Waals surface area (Å²) in [5.74, 6) is -0.107. The number of nitrogens with zero attached hydrogens (tertiary/aromatic N) is 2. The lowest BCUT2D eigenvalue weighted by Gasteiger charge is -2.20. The molecule has 0 radical (unpaired) electrons. The third-order valence-corrected chi connectivity index (χ3v) is 2.91. The second-order valence-electron chi connectivity index (χ2n) is 4.14. The van der Waals surface area contributed by atoms with Gasteiger partial charge >= 0.3 is 0 Å².